The number of phenolic OH excluding ortho intramolecular Hbond substituents is 1. The van der Waals surface area contributed by atoms with Crippen LogP contribution in [0.2, 0.25) is 0 Å². The van der Waals surface area contributed by atoms with E-state index in [1.807, 2.05) is 0 Å². The lowest BCUT2D eigenvalue weighted by Crippen LogP contribution is -2.52. The third-order valence-corrected chi connectivity index (χ3v) is 7.48. The SMILES string of the molecule is C#Cc1c(F)ccc2cc(O)cc(-c3ncc4c(N5CC6CCC(C5)N6)nc(=O)n5c4c3OCC5)c12. The third-order valence-electron chi connectivity index (χ3n) is 7.48. The summed E-state index contributed by atoms with van der Waals surface area (Å²) in [6.45, 7) is 2.15. The van der Waals surface area contributed by atoms with Crippen molar-refractivity contribution in [2.75, 3.05) is 24.6 Å². The van der Waals surface area contributed by atoms with Crippen molar-refractivity contribution >= 4 is 27.5 Å². The molecule has 3 aliphatic heterocycles. The Bertz CT molecular complexity index is 1680. The Kier molecular flexibility index (Phi) is 4.51. The van der Waals surface area contributed by atoms with E-state index < -0.39 is 5.82 Å². The van der Waals surface area contributed by atoms with Crippen LogP contribution in [0.15, 0.2) is 35.3 Å². The maximum absolute atomic E-state index is 14.7. The number of hydrogen-bond donors (Lipinski definition) is 2. The van der Waals surface area contributed by atoms with Gasteiger partial charge in [0.1, 0.15) is 35.2 Å². The van der Waals surface area contributed by atoms with Gasteiger partial charge < -0.3 is 20.1 Å². The topological polar surface area (TPSA) is 92.5 Å². The van der Waals surface area contributed by atoms with Gasteiger partial charge in [0.25, 0.3) is 0 Å². The molecule has 2 bridgehead atoms. The second kappa shape index (κ2) is 7.67. The molecule has 2 saturated heterocycles. The number of aromatic nitrogens is 3. The number of aromatic hydroxyl groups is 1. The Labute approximate surface area is 205 Å². The van der Waals surface area contributed by atoms with Crippen molar-refractivity contribution in [3.05, 3.63) is 52.3 Å². The van der Waals surface area contributed by atoms with Crippen LogP contribution in [-0.2, 0) is 6.54 Å². The van der Waals surface area contributed by atoms with Gasteiger partial charge in [-0.15, -0.1) is 6.42 Å². The number of hydrogen-bond acceptors (Lipinski definition) is 7. The first-order valence-corrected chi connectivity index (χ1v) is 12.0. The molecule has 3 aliphatic rings. The van der Waals surface area contributed by atoms with Gasteiger partial charge in [0.2, 0.25) is 0 Å². The van der Waals surface area contributed by atoms with Crippen LogP contribution in [0.4, 0.5) is 10.2 Å². The van der Waals surface area contributed by atoms with E-state index in [4.69, 9.17) is 16.1 Å². The van der Waals surface area contributed by atoms with Gasteiger partial charge in [-0.05, 0) is 36.4 Å². The van der Waals surface area contributed by atoms with Crippen molar-refractivity contribution < 1.29 is 14.2 Å². The maximum atomic E-state index is 14.7. The fourth-order valence-electron chi connectivity index (χ4n) is 5.96. The van der Waals surface area contributed by atoms with Crippen molar-refractivity contribution in [3.8, 4) is 35.1 Å². The van der Waals surface area contributed by atoms with Crippen LogP contribution in [-0.4, -0.2) is 51.4 Å². The van der Waals surface area contributed by atoms with Crippen LogP contribution in [0.25, 0.3) is 32.9 Å². The van der Waals surface area contributed by atoms with Crippen LogP contribution in [0, 0.1) is 18.2 Å². The number of nitrogens with one attached hydrogen (secondary N) is 1. The zero-order valence-corrected chi connectivity index (χ0v) is 19.3. The van der Waals surface area contributed by atoms with Crippen molar-refractivity contribution in [3.63, 3.8) is 0 Å². The van der Waals surface area contributed by atoms with Crippen LogP contribution in [0.3, 0.4) is 0 Å². The summed E-state index contributed by atoms with van der Waals surface area (Å²) in [6, 6.07) is 6.63. The molecule has 0 amide bonds. The van der Waals surface area contributed by atoms with E-state index >= 15 is 0 Å². The van der Waals surface area contributed by atoms with Gasteiger partial charge in [-0.2, -0.15) is 4.98 Å². The summed E-state index contributed by atoms with van der Waals surface area (Å²) in [4.78, 5) is 24.5. The molecular weight excluding hydrogens is 461 g/mol. The van der Waals surface area contributed by atoms with Gasteiger partial charge in [0, 0.05) is 42.3 Å². The summed E-state index contributed by atoms with van der Waals surface area (Å²) in [5.41, 5.74) is 1.16. The molecule has 7 rings (SSSR count). The summed E-state index contributed by atoms with van der Waals surface area (Å²) in [6.07, 6.45) is 9.58. The molecule has 36 heavy (non-hydrogen) atoms. The summed E-state index contributed by atoms with van der Waals surface area (Å²) < 4.78 is 22.4. The summed E-state index contributed by atoms with van der Waals surface area (Å²) >= 11 is 0. The number of fused-ring (bicyclic) bond motifs is 3. The lowest BCUT2D eigenvalue weighted by molar-refractivity contribution is 0.283. The van der Waals surface area contributed by atoms with E-state index in [9.17, 15) is 14.3 Å². The van der Waals surface area contributed by atoms with Gasteiger partial charge in [0.15, 0.2) is 5.75 Å². The van der Waals surface area contributed by atoms with E-state index in [-0.39, 0.29) is 23.6 Å². The van der Waals surface area contributed by atoms with Gasteiger partial charge in [0.05, 0.1) is 17.5 Å². The molecule has 2 N–H and O–H groups in total. The molecule has 0 saturated carbocycles. The molecule has 2 aromatic heterocycles. The molecule has 0 aliphatic carbocycles. The van der Waals surface area contributed by atoms with E-state index in [0.29, 0.717) is 57.7 Å². The smallest absolute Gasteiger partial charge is 0.350 e. The second-order valence-corrected chi connectivity index (χ2v) is 9.62. The highest BCUT2D eigenvalue weighted by Crippen LogP contribution is 2.43. The molecule has 9 heteroatoms. The highest BCUT2D eigenvalue weighted by molar-refractivity contribution is 6.05. The van der Waals surface area contributed by atoms with Crippen molar-refractivity contribution in [2.24, 2.45) is 0 Å². The van der Waals surface area contributed by atoms with Crippen LogP contribution >= 0.6 is 0 Å². The molecule has 5 heterocycles. The number of terminal acetylenes is 1. The number of benzene rings is 2. The Morgan fingerprint density at radius 3 is 2.81 bits per heavy atom. The molecule has 2 fully saturated rings. The van der Waals surface area contributed by atoms with E-state index in [2.05, 4.69) is 21.1 Å². The average Bonchev–Trinajstić information content (AvgIpc) is 3.23. The zero-order valence-electron chi connectivity index (χ0n) is 19.3. The maximum Gasteiger partial charge on any atom is 0.350 e. The lowest BCUT2D eigenvalue weighted by Gasteiger charge is -2.34. The minimum Gasteiger partial charge on any atom is -0.508 e. The number of pyridine rings is 1. The zero-order chi connectivity index (χ0) is 24.6. The van der Waals surface area contributed by atoms with E-state index in [1.165, 1.54) is 18.2 Å². The Morgan fingerprint density at radius 1 is 1.22 bits per heavy atom. The van der Waals surface area contributed by atoms with Gasteiger partial charge in [-0.25, -0.2) is 9.18 Å². The fraction of sp³-hybridized carbons (Fsp3) is 0.296. The lowest BCUT2D eigenvalue weighted by atomic mass is 9.95. The quantitative estimate of drug-likeness (QED) is 0.424. The Hall–Kier alpha value is -4.16. The second-order valence-electron chi connectivity index (χ2n) is 9.62. The molecule has 180 valence electrons. The number of anilines is 1. The average molecular weight is 484 g/mol. The van der Waals surface area contributed by atoms with Crippen molar-refractivity contribution in [1.29, 1.82) is 0 Å². The third kappa shape index (κ3) is 3.01. The molecule has 0 radical (unpaired) electrons. The first-order chi connectivity index (χ1) is 17.5. The van der Waals surface area contributed by atoms with Crippen LogP contribution in [0.1, 0.15) is 18.4 Å². The van der Waals surface area contributed by atoms with Crippen molar-refractivity contribution in [1.82, 2.24) is 19.9 Å². The normalized spacial score (nSPS) is 20.5. The number of rotatable bonds is 2. The standard InChI is InChI=1S/C27H22FN5O3/c1-2-18-21(28)6-3-14-9-17(34)10-19(22(14)18)23-25-24-20(11-29-23)26(31-27(35)33(24)7-8-36-25)32-12-15-4-5-16(13-32)30-15/h1,3,6,9-11,15-16,30,34H,4-5,7-8,12-13H2. The van der Waals surface area contributed by atoms with Gasteiger partial charge in [-0.3, -0.25) is 9.55 Å². The number of piperazine rings is 1. The molecule has 4 aromatic rings. The number of phenols is 1. The monoisotopic (exact) mass is 483 g/mol. The number of ether oxygens (including phenoxy) is 1. The number of halogens is 1. The highest BCUT2D eigenvalue weighted by atomic mass is 19.1. The highest BCUT2D eigenvalue weighted by Gasteiger charge is 2.35. The molecule has 2 atom stereocenters. The molecule has 2 unspecified atom stereocenters. The predicted octanol–water partition coefficient (Wildman–Crippen LogP) is 2.77. The fourth-order valence-corrected chi connectivity index (χ4v) is 5.96. The van der Waals surface area contributed by atoms with E-state index in [1.54, 1.807) is 16.8 Å². The Morgan fingerprint density at radius 2 is 2.03 bits per heavy atom. The molecule has 2 aromatic carbocycles. The minimum absolute atomic E-state index is 0.0129. The molecular formula is C27H22FN5O3. The van der Waals surface area contributed by atoms with Gasteiger partial charge in [-0.1, -0.05) is 12.0 Å². The molecule has 8 nitrogen and oxygen atoms in total. The Balaban J connectivity index is 1.52. The number of nitrogens with zero attached hydrogens (tertiary/aromatic N) is 4. The predicted molar refractivity (Wildman–Crippen MR) is 134 cm³/mol. The minimum atomic E-state index is -0.538. The largest absolute Gasteiger partial charge is 0.508 e. The van der Waals surface area contributed by atoms with Crippen LogP contribution in [0.5, 0.6) is 11.5 Å². The summed E-state index contributed by atoms with van der Waals surface area (Å²) in [7, 11) is 0. The molecule has 0 spiro atoms. The summed E-state index contributed by atoms with van der Waals surface area (Å²) in [5.74, 6) is 2.89. The van der Waals surface area contributed by atoms with E-state index in [0.717, 1.165) is 31.3 Å². The summed E-state index contributed by atoms with van der Waals surface area (Å²) in [5, 5.41) is 15.8. The van der Waals surface area contributed by atoms with Crippen molar-refractivity contribution in [2.45, 2.75) is 31.5 Å². The van der Waals surface area contributed by atoms with Crippen LogP contribution < -0.4 is 20.6 Å². The van der Waals surface area contributed by atoms with Gasteiger partial charge >= 0.3 is 5.69 Å². The first kappa shape index (κ1) is 21.1. The first-order valence-electron chi connectivity index (χ1n) is 12.0.